The summed E-state index contributed by atoms with van der Waals surface area (Å²) in [5, 5.41) is 11.6. The van der Waals surface area contributed by atoms with E-state index >= 15 is 0 Å². The summed E-state index contributed by atoms with van der Waals surface area (Å²) >= 11 is 0. The van der Waals surface area contributed by atoms with Crippen molar-refractivity contribution in [2.75, 3.05) is 13.6 Å². The molecule has 0 aromatic heterocycles. The molecule has 1 unspecified atom stereocenters. The van der Waals surface area contributed by atoms with Crippen molar-refractivity contribution in [3.05, 3.63) is 35.4 Å². The number of nitriles is 1. The third-order valence-electron chi connectivity index (χ3n) is 2.80. The molecule has 1 rings (SSSR count). The molecule has 0 aliphatic rings. The first-order chi connectivity index (χ1) is 9.35. The van der Waals surface area contributed by atoms with Gasteiger partial charge in [0, 0.05) is 0 Å². The number of carbonyl (C=O) groups is 1. The quantitative estimate of drug-likeness (QED) is 0.839. The lowest BCUT2D eigenvalue weighted by molar-refractivity contribution is -0.149. The number of rotatable bonds is 5. The number of carbonyl (C=O) groups excluding carboxylic acids is 1. The van der Waals surface area contributed by atoms with E-state index in [9.17, 15) is 4.79 Å². The fraction of sp³-hybridized carbons (Fsp3) is 0.500. The molecule has 0 heterocycles. The molecule has 0 spiro atoms. The van der Waals surface area contributed by atoms with Crippen LogP contribution < -0.4 is 5.32 Å². The second-order valence-electron chi connectivity index (χ2n) is 6.01. The Morgan fingerprint density at radius 2 is 1.95 bits per heavy atom. The van der Waals surface area contributed by atoms with Gasteiger partial charge in [0.2, 0.25) is 0 Å². The van der Waals surface area contributed by atoms with Crippen LogP contribution in [0.1, 0.15) is 44.4 Å². The predicted molar refractivity (Wildman–Crippen MR) is 78.0 cm³/mol. The molecule has 1 aromatic rings. The Morgan fingerprint density at radius 3 is 2.40 bits per heavy atom. The van der Waals surface area contributed by atoms with Gasteiger partial charge in [0.1, 0.15) is 6.10 Å². The van der Waals surface area contributed by atoms with Gasteiger partial charge in [-0.15, -0.1) is 0 Å². The molecule has 0 aliphatic carbocycles. The summed E-state index contributed by atoms with van der Waals surface area (Å²) in [7, 11) is 1.71. The van der Waals surface area contributed by atoms with Gasteiger partial charge in [-0.3, -0.25) is 4.79 Å². The molecular formula is C16H22N2O2. The molecule has 108 valence electrons. The zero-order valence-electron chi connectivity index (χ0n) is 12.6. The summed E-state index contributed by atoms with van der Waals surface area (Å²) in [4.78, 5) is 11.7. The van der Waals surface area contributed by atoms with Gasteiger partial charge in [0.05, 0.1) is 18.2 Å². The maximum absolute atomic E-state index is 11.7. The van der Waals surface area contributed by atoms with E-state index in [0.29, 0.717) is 5.56 Å². The van der Waals surface area contributed by atoms with E-state index in [4.69, 9.17) is 10.00 Å². The number of nitrogens with zero attached hydrogens (tertiary/aromatic N) is 1. The second kappa shape index (κ2) is 7.06. The summed E-state index contributed by atoms with van der Waals surface area (Å²) in [5.74, 6) is -0.272. The number of nitrogens with one attached hydrogen (secondary N) is 1. The molecule has 0 saturated carbocycles. The van der Waals surface area contributed by atoms with Crippen molar-refractivity contribution in [2.24, 2.45) is 5.41 Å². The molecule has 1 aromatic carbocycles. The number of esters is 1. The van der Waals surface area contributed by atoms with Crippen molar-refractivity contribution in [3.8, 4) is 6.07 Å². The van der Waals surface area contributed by atoms with Crippen LogP contribution in [-0.2, 0) is 9.53 Å². The van der Waals surface area contributed by atoms with E-state index in [2.05, 4.69) is 32.2 Å². The Balaban J connectivity index is 2.91. The Hall–Kier alpha value is -1.86. The van der Waals surface area contributed by atoms with Crippen LogP contribution in [0.15, 0.2) is 24.3 Å². The largest absolute Gasteiger partial charge is 0.457 e. The van der Waals surface area contributed by atoms with Crippen LogP contribution >= 0.6 is 0 Å². The first-order valence-electron chi connectivity index (χ1n) is 6.70. The topological polar surface area (TPSA) is 62.1 Å². The average Bonchev–Trinajstić information content (AvgIpc) is 2.37. The van der Waals surface area contributed by atoms with Crippen LogP contribution in [0.4, 0.5) is 0 Å². The van der Waals surface area contributed by atoms with E-state index in [-0.39, 0.29) is 24.0 Å². The maximum Gasteiger partial charge on any atom is 0.320 e. The van der Waals surface area contributed by atoms with Crippen molar-refractivity contribution < 1.29 is 9.53 Å². The normalized spacial score (nSPS) is 12.6. The lowest BCUT2D eigenvalue weighted by Gasteiger charge is -2.26. The zero-order chi connectivity index (χ0) is 15.2. The molecule has 4 heteroatoms. The fourth-order valence-corrected chi connectivity index (χ4v) is 1.90. The van der Waals surface area contributed by atoms with E-state index < -0.39 is 0 Å². The second-order valence-corrected chi connectivity index (χ2v) is 6.01. The number of likely N-dealkylation sites (N-methyl/N-ethyl adjacent to an activating group) is 1. The fourth-order valence-electron chi connectivity index (χ4n) is 1.90. The standard InChI is InChI=1S/C16H22N2O2/c1-16(2,3)9-14(20-15(19)11-18-4)13-7-5-12(10-17)6-8-13/h5-8,14,18H,9,11H2,1-4H3. The Bertz CT molecular complexity index is 481. The molecule has 0 radical (unpaired) electrons. The molecular weight excluding hydrogens is 252 g/mol. The minimum Gasteiger partial charge on any atom is -0.457 e. The number of hydrogen-bond acceptors (Lipinski definition) is 4. The highest BCUT2D eigenvalue weighted by Gasteiger charge is 2.23. The summed E-state index contributed by atoms with van der Waals surface area (Å²) < 4.78 is 5.54. The van der Waals surface area contributed by atoms with E-state index in [1.807, 2.05) is 12.1 Å². The molecule has 0 bridgehead atoms. The van der Waals surface area contributed by atoms with Crippen LogP contribution in [0.25, 0.3) is 0 Å². The lowest BCUT2D eigenvalue weighted by Crippen LogP contribution is -2.25. The highest BCUT2D eigenvalue weighted by atomic mass is 16.5. The van der Waals surface area contributed by atoms with Crippen LogP contribution in [0.5, 0.6) is 0 Å². The van der Waals surface area contributed by atoms with Crippen molar-refractivity contribution >= 4 is 5.97 Å². The maximum atomic E-state index is 11.7. The first kappa shape index (κ1) is 16.2. The van der Waals surface area contributed by atoms with Gasteiger partial charge in [-0.2, -0.15) is 5.26 Å². The van der Waals surface area contributed by atoms with Crippen LogP contribution in [-0.4, -0.2) is 19.6 Å². The molecule has 1 atom stereocenters. The van der Waals surface area contributed by atoms with Gasteiger partial charge in [-0.1, -0.05) is 32.9 Å². The predicted octanol–water partition coefficient (Wildman–Crippen LogP) is 2.80. The molecule has 0 aliphatic heterocycles. The van der Waals surface area contributed by atoms with Gasteiger partial charge >= 0.3 is 5.97 Å². The van der Waals surface area contributed by atoms with Crippen LogP contribution in [0.2, 0.25) is 0 Å². The first-order valence-corrected chi connectivity index (χ1v) is 6.70. The van der Waals surface area contributed by atoms with Crippen molar-refractivity contribution in [2.45, 2.75) is 33.3 Å². The highest BCUT2D eigenvalue weighted by Crippen LogP contribution is 2.32. The molecule has 0 fully saturated rings. The zero-order valence-corrected chi connectivity index (χ0v) is 12.6. The Morgan fingerprint density at radius 1 is 1.35 bits per heavy atom. The summed E-state index contributed by atoms with van der Waals surface area (Å²) in [6.45, 7) is 6.51. The molecule has 1 N–H and O–H groups in total. The number of benzene rings is 1. The number of ether oxygens (including phenoxy) is 1. The SMILES string of the molecule is CNCC(=O)OC(CC(C)(C)C)c1ccc(C#N)cc1. The number of hydrogen-bond donors (Lipinski definition) is 1. The minimum absolute atomic E-state index is 0.0402. The molecule has 0 saturated heterocycles. The third kappa shape index (κ3) is 5.41. The summed E-state index contributed by atoms with van der Waals surface area (Å²) in [6.07, 6.45) is 0.442. The van der Waals surface area contributed by atoms with Crippen molar-refractivity contribution in [3.63, 3.8) is 0 Å². The Labute approximate surface area is 120 Å². The van der Waals surface area contributed by atoms with Crippen molar-refractivity contribution in [1.29, 1.82) is 5.26 Å². The van der Waals surface area contributed by atoms with Gasteiger partial charge in [0.15, 0.2) is 0 Å². The third-order valence-corrected chi connectivity index (χ3v) is 2.80. The van der Waals surface area contributed by atoms with E-state index in [0.717, 1.165) is 12.0 Å². The van der Waals surface area contributed by atoms with Gasteiger partial charge in [0.25, 0.3) is 0 Å². The lowest BCUT2D eigenvalue weighted by atomic mass is 9.86. The molecule has 0 amide bonds. The van der Waals surface area contributed by atoms with Crippen LogP contribution in [0, 0.1) is 16.7 Å². The highest BCUT2D eigenvalue weighted by molar-refractivity contribution is 5.71. The van der Waals surface area contributed by atoms with Gasteiger partial charge in [-0.25, -0.2) is 0 Å². The monoisotopic (exact) mass is 274 g/mol. The molecule has 20 heavy (non-hydrogen) atoms. The van der Waals surface area contributed by atoms with Crippen molar-refractivity contribution in [1.82, 2.24) is 5.32 Å². The summed E-state index contributed by atoms with van der Waals surface area (Å²) in [5.41, 5.74) is 1.56. The van der Waals surface area contributed by atoms with Crippen LogP contribution in [0.3, 0.4) is 0 Å². The smallest absolute Gasteiger partial charge is 0.320 e. The molecule has 4 nitrogen and oxygen atoms in total. The van der Waals surface area contributed by atoms with Gasteiger partial charge < -0.3 is 10.1 Å². The minimum atomic E-state index is -0.288. The van der Waals surface area contributed by atoms with E-state index in [1.165, 1.54) is 0 Å². The van der Waals surface area contributed by atoms with E-state index in [1.54, 1.807) is 19.2 Å². The average molecular weight is 274 g/mol. The summed E-state index contributed by atoms with van der Waals surface area (Å²) in [6, 6.07) is 9.28. The van der Waals surface area contributed by atoms with Gasteiger partial charge in [-0.05, 0) is 36.6 Å². The Kier molecular flexibility index (Phi) is 5.72.